The van der Waals surface area contributed by atoms with E-state index in [0.29, 0.717) is 36.6 Å². The van der Waals surface area contributed by atoms with Crippen molar-refractivity contribution in [1.82, 2.24) is 4.90 Å². The molecule has 0 fully saturated rings. The first-order valence-electron chi connectivity index (χ1n) is 8.06. The molecular formula is C19H21NO4. The second-order valence-corrected chi connectivity index (χ2v) is 5.81. The van der Waals surface area contributed by atoms with Crippen molar-refractivity contribution >= 4 is 5.91 Å². The molecular weight excluding hydrogens is 306 g/mol. The third kappa shape index (κ3) is 3.15. The van der Waals surface area contributed by atoms with Crippen molar-refractivity contribution in [2.45, 2.75) is 20.0 Å². The Bertz CT molecular complexity index is 744. The highest BCUT2D eigenvalue weighted by Crippen LogP contribution is 2.31. The summed E-state index contributed by atoms with van der Waals surface area (Å²) in [6.07, 6.45) is -0.240. The van der Waals surface area contributed by atoms with Crippen LogP contribution >= 0.6 is 0 Å². The van der Waals surface area contributed by atoms with E-state index in [4.69, 9.17) is 9.47 Å². The van der Waals surface area contributed by atoms with Gasteiger partial charge in [-0.25, -0.2) is 0 Å². The lowest BCUT2D eigenvalue weighted by Crippen LogP contribution is -2.43. The fourth-order valence-corrected chi connectivity index (χ4v) is 2.76. The molecule has 126 valence electrons. The van der Waals surface area contributed by atoms with Gasteiger partial charge in [0.25, 0.3) is 5.91 Å². The number of aryl methyl sites for hydroxylation is 1. The van der Waals surface area contributed by atoms with Gasteiger partial charge >= 0.3 is 0 Å². The summed E-state index contributed by atoms with van der Waals surface area (Å²) in [5.41, 5.74) is 0.997. The first kappa shape index (κ1) is 16.2. The van der Waals surface area contributed by atoms with Crippen molar-refractivity contribution in [3.63, 3.8) is 0 Å². The minimum absolute atomic E-state index is 0.0344. The number of para-hydroxylation sites is 3. The summed E-state index contributed by atoms with van der Waals surface area (Å²) in [5.74, 6) is 1.24. The quantitative estimate of drug-likeness (QED) is 0.938. The fourth-order valence-electron chi connectivity index (χ4n) is 2.76. The number of ether oxygens (including phenoxy) is 2. The Labute approximate surface area is 141 Å². The van der Waals surface area contributed by atoms with Crippen LogP contribution in [0.1, 0.15) is 22.8 Å². The van der Waals surface area contributed by atoms with Crippen LogP contribution in [0, 0.1) is 6.92 Å². The number of hydrogen-bond acceptors (Lipinski definition) is 4. The van der Waals surface area contributed by atoms with Crippen molar-refractivity contribution in [1.29, 1.82) is 0 Å². The lowest BCUT2D eigenvalue weighted by molar-refractivity contribution is 0.0473. The lowest BCUT2D eigenvalue weighted by atomic mass is 10.1. The van der Waals surface area contributed by atoms with Crippen LogP contribution < -0.4 is 9.47 Å². The van der Waals surface area contributed by atoms with Crippen LogP contribution in [0.15, 0.2) is 42.5 Å². The van der Waals surface area contributed by atoms with E-state index in [0.717, 1.165) is 5.75 Å². The number of nitrogens with zero attached hydrogens (tertiary/aromatic N) is 1. The maximum atomic E-state index is 12.7. The smallest absolute Gasteiger partial charge is 0.257 e. The molecule has 0 radical (unpaired) electrons. The number of benzene rings is 2. The summed E-state index contributed by atoms with van der Waals surface area (Å²) in [6, 6.07) is 12.7. The molecule has 0 saturated carbocycles. The van der Waals surface area contributed by atoms with Crippen molar-refractivity contribution in [3.05, 3.63) is 53.6 Å². The third-order valence-corrected chi connectivity index (χ3v) is 4.13. The van der Waals surface area contributed by atoms with Gasteiger partial charge in [0.2, 0.25) is 0 Å². The number of phenols is 1. The van der Waals surface area contributed by atoms with Gasteiger partial charge in [-0.05, 0) is 37.6 Å². The Morgan fingerprint density at radius 3 is 2.71 bits per heavy atom. The standard InChI is InChI=1S/C19H21NO4/c1-3-20(19(22)15-8-6-7-13(2)18(15)21)11-14-12-23-16-9-4-5-10-17(16)24-14/h4-10,14,21H,3,11-12H2,1-2H3. The first-order chi connectivity index (χ1) is 11.6. The molecule has 0 saturated heterocycles. The Morgan fingerprint density at radius 2 is 1.96 bits per heavy atom. The Balaban J connectivity index is 1.73. The topological polar surface area (TPSA) is 59.0 Å². The lowest BCUT2D eigenvalue weighted by Gasteiger charge is -2.31. The van der Waals surface area contributed by atoms with Crippen LogP contribution in [0.5, 0.6) is 17.2 Å². The van der Waals surface area contributed by atoms with Crippen LogP contribution in [0.25, 0.3) is 0 Å². The number of rotatable bonds is 4. The SMILES string of the molecule is CCN(CC1COc2ccccc2O1)C(=O)c1cccc(C)c1O. The van der Waals surface area contributed by atoms with Gasteiger partial charge in [0.1, 0.15) is 12.4 Å². The molecule has 0 aliphatic carbocycles. The van der Waals surface area contributed by atoms with E-state index in [1.165, 1.54) is 0 Å². The molecule has 1 amide bonds. The second kappa shape index (κ2) is 6.83. The maximum Gasteiger partial charge on any atom is 0.257 e. The number of likely N-dealkylation sites (N-methyl/N-ethyl adjacent to an activating group) is 1. The predicted molar refractivity (Wildman–Crippen MR) is 90.8 cm³/mol. The molecule has 1 atom stereocenters. The molecule has 1 aliphatic heterocycles. The summed E-state index contributed by atoms with van der Waals surface area (Å²) < 4.78 is 11.6. The monoisotopic (exact) mass is 327 g/mol. The summed E-state index contributed by atoms with van der Waals surface area (Å²) in [7, 11) is 0. The fraction of sp³-hybridized carbons (Fsp3) is 0.316. The molecule has 3 rings (SSSR count). The molecule has 1 aliphatic rings. The summed E-state index contributed by atoms with van der Waals surface area (Å²) in [5, 5.41) is 10.1. The zero-order valence-corrected chi connectivity index (χ0v) is 13.9. The molecule has 2 aromatic carbocycles. The second-order valence-electron chi connectivity index (χ2n) is 5.81. The van der Waals surface area contributed by atoms with E-state index in [2.05, 4.69) is 0 Å². The molecule has 1 heterocycles. The van der Waals surface area contributed by atoms with Gasteiger partial charge in [-0.15, -0.1) is 0 Å². The molecule has 2 aromatic rings. The minimum atomic E-state index is -0.240. The Morgan fingerprint density at radius 1 is 1.21 bits per heavy atom. The van der Waals surface area contributed by atoms with Crippen LogP contribution in [0.2, 0.25) is 0 Å². The van der Waals surface area contributed by atoms with E-state index < -0.39 is 0 Å². The number of aromatic hydroxyl groups is 1. The highest BCUT2D eigenvalue weighted by Gasteiger charge is 2.26. The molecule has 1 unspecified atom stereocenters. The van der Waals surface area contributed by atoms with Gasteiger partial charge in [0.15, 0.2) is 17.6 Å². The van der Waals surface area contributed by atoms with Crippen molar-refractivity contribution < 1.29 is 19.4 Å². The first-order valence-corrected chi connectivity index (χ1v) is 8.06. The maximum absolute atomic E-state index is 12.7. The summed E-state index contributed by atoms with van der Waals surface area (Å²) in [4.78, 5) is 14.4. The minimum Gasteiger partial charge on any atom is -0.507 e. The number of phenolic OH excluding ortho intramolecular Hbond substituents is 1. The largest absolute Gasteiger partial charge is 0.507 e. The van der Waals surface area contributed by atoms with E-state index in [-0.39, 0.29) is 17.8 Å². The number of fused-ring (bicyclic) bond motifs is 1. The van der Waals surface area contributed by atoms with Gasteiger partial charge < -0.3 is 19.5 Å². The van der Waals surface area contributed by atoms with Crippen molar-refractivity contribution in [3.8, 4) is 17.2 Å². The molecule has 1 N–H and O–H groups in total. The average Bonchev–Trinajstić information content (AvgIpc) is 2.61. The van der Waals surface area contributed by atoms with Crippen LogP contribution in [0.3, 0.4) is 0 Å². The van der Waals surface area contributed by atoms with Crippen LogP contribution in [-0.2, 0) is 0 Å². The molecule has 0 aromatic heterocycles. The third-order valence-electron chi connectivity index (χ3n) is 4.13. The number of carbonyl (C=O) groups is 1. The van der Waals surface area contributed by atoms with Gasteiger partial charge in [-0.2, -0.15) is 0 Å². The molecule has 24 heavy (non-hydrogen) atoms. The highest BCUT2D eigenvalue weighted by atomic mass is 16.6. The average molecular weight is 327 g/mol. The van der Waals surface area contributed by atoms with Gasteiger partial charge in [-0.1, -0.05) is 24.3 Å². The summed E-state index contributed by atoms with van der Waals surface area (Å²) >= 11 is 0. The van der Waals surface area contributed by atoms with Crippen molar-refractivity contribution in [2.24, 2.45) is 0 Å². The molecule has 5 heteroatoms. The molecule has 0 bridgehead atoms. The predicted octanol–water partition coefficient (Wildman–Crippen LogP) is 3.00. The Kier molecular flexibility index (Phi) is 4.60. The Hall–Kier alpha value is -2.69. The van der Waals surface area contributed by atoms with Gasteiger partial charge in [0, 0.05) is 6.54 Å². The molecule has 5 nitrogen and oxygen atoms in total. The zero-order valence-electron chi connectivity index (χ0n) is 13.9. The number of amides is 1. The van der Waals surface area contributed by atoms with E-state index in [1.807, 2.05) is 31.2 Å². The van der Waals surface area contributed by atoms with Crippen molar-refractivity contribution in [2.75, 3.05) is 19.7 Å². The molecule has 0 spiro atoms. The van der Waals surface area contributed by atoms with E-state index >= 15 is 0 Å². The van der Waals surface area contributed by atoms with Gasteiger partial charge in [0.05, 0.1) is 12.1 Å². The van der Waals surface area contributed by atoms with E-state index in [9.17, 15) is 9.90 Å². The normalized spacial score (nSPS) is 15.8. The highest BCUT2D eigenvalue weighted by molar-refractivity contribution is 5.97. The van der Waals surface area contributed by atoms with E-state index in [1.54, 1.807) is 30.0 Å². The van der Waals surface area contributed by atoms with Gasteiger partial charge in [-0.3, -0.25) is 4.79 Å². The number of hydrogen-bond donors (Lipinski definition) is 1. The van der Waals surface area contributed by atoms with Crippen LogP contribution in [0.4, 0.5) is 0 Å². The number of carbonyl (C=O) groups excluding carboxylic acids is 1. The zero-order chi connectivity index (χ0) is 17.1. The van der Waals surface area contributed by atoms with Crippen LogP contribution in [-0.4, -0.2) is 41.7 Å². The summed E-state index contributed by atoms with van der Waals surface area (Å²) in [6.45, 7) is 4.99.